The Bertz CT molecular complexity index is 591. The molecule has 0 saturated heterocycles. The van der Waals surface area contributed by atoms with E-state index in [2.05, 4.69) is 36.5 Å². The summed E-state index contributed by atoms with van der Waals surface area (Å²) in [5.74, 6) is 0.399. The van der Waals surface area contributed by atoms with E-state index in [4.69, 9.17) is 0 Å². The number of nitrogens with one attached hydrogen (secondary N) is 1. The highest BCUT2D eigenvalue weighted by Gasteiger charge is 2.29. The summed E-state index contributed by atoms with van der Waals surface area (Å²) in [6, 6.07) is 16.1. The van der Waals surface area contributed by atoms with Crippen LogP contribution >= 0.6 is 0 Å². The van der Waals surface area contributed by atoms with Crippen LogP contribution in [0.3, 0.4) is 0 Å². The van der Waals surface area contributed by atoms with Crippen LogP contribution in [0.15, 0.2) is 48.5 Å². The Hall–Kier alpha value is -1.67. The van der Waals surface area contributed by atoms with Gasteiger partial charge >= 0.3 is 0 Å². The molecule has 21 heavy (non-hydrogen) atoms. The van der Waals surface area contributed by atoms with Gasteiger partial charge in [-0.3, -0.25) is 0 Å². The second-order valence-electron chi connectivity index (χ2n) is 5.84. The largest absolute Gasteiger partial charge is 0.313 e. The number of likely N-dealkylation sites (N-methyl/N-ethyl adjacent to an activating group) is 1. The Labute approximate surface area is 126 Å². The first-order valence-corrected chi connectivity index (χ1v) is 7.83. The molecule has 2 aromatic rings. The van der Waals surface area contributed by atoms with Crippen molar-refractivity contribution in [2.75, 3.05) is 6.54 Å². The van der Waals surface area contributed by atoms with E-state index in [1.165, 1.54) is 29.5 Å². The van der Waals surface area contributed by atoms with Gasteiger partial charge in [-0.2, -0.15) is 0 Å². The minimum Gasteiger partial charge on any atom is -0.313 e. The molecule has 110 valence electrons. The van der Waals surface area contributed by atoms with Crippen LogP contribution in [0, 0.1) is 5.82 Å². The van der Waals surface area contributed by atoms with Gasteiger partial charge in [-0.1, -0.05) is 43.3 Å². The highest BCUT2D eigenvalue weighted by atomic mass is 19.1. The van der Waals surface area contributed by atoms with E-state index in [1.807, 2.05) is 12.1 Å². The molecule has 2 aromatic carbocycles. The third-order valence-corrected chi connectivity index (χ3v) is 4.50. The van der Waals surface area contributed by atoms with Crippen molar-refractivity contribution in [2.45, 2.75) is 38.1 Å². The Kier molecular flexibility index (Phi) is 4.35. The highest BCUT2D eigenvalue weighted by Crippen LogP contribution is 2.36. The SMILES string of the molecule is CCNC(Cc1ccc(F)cc1)C1CCc2ccccc21. The number of halogens is 1. The second kappa shape index (κ2) is 6.40. The van der Waals surface area contributed by atoms with Crippen LogP contribution in [-0.2, 0) is 12.8 Å². The van der Waals surface area contributed by atoms with Crippen LogP contribution in [-0.4, -0.2) is 12.6 Å². The van der Waals surface area contributed by atoms with Gasteiger partial charge in [0.15, 0.2) is 0 Å². The van der Waals surface area contributed by atoms with Crippen LogP contribution in [0.25, 0.3) is 0 Å². The summed E-state index contributed by atoms with van der Waals surface area (Å²) in [6.45, 7) is 3.11. The third kappa shape index (κ3) is 3.16. The van der Waals surface area contributed by atoms with Crippen LogP contribution in [0.1, 0.15) is 36.0 Å². The van der Waals surface area contributed by atoms with Gasteiger partial charge in [-0.05, 0) is 54.6 Å². The molecule has 1 N–H and O–H groups in total. The zero-order chi connectivity index (χ0) is 14.7. The van der Waals surface area contributed by atoms with Crippen LogP contribution < -0.4 is 5.32 Å². The van der Waals surface area contributed by atoms with Crippen molar-refractivity contribution in [2.24, 2.45) is 0 Å². The lowest BCUT2D eigenvalue weighted by atomic mass is 9.88. The van der Waals surface area contributed by atoms with E-state index >= 15 is 0 Å². The molecule has 0 bridgehead atoms. The molecule has 0 heterocycles. The number of hydrogen-bond acceptors (Lipinski definition) is 1. The number of hydrogen-bond donors (Lipinski definition) is 1. The summed E-state index contributed by atoms with van der Waals surface area (Å²) < 4.78 is 13.1. The van der Waals surface area contributed by atoms with Gasteiger partial charge in [0.1, 0.15) is 5.82 Å². The maximum atomic E-state index is 13.1. The van der Waals surface area contributed by atoms with Gasteiger partial charge in [-0.25, -0.2) is 4.39 Å². The Balaban J connectivity index is 1.80. The molecule has 2 unspecified atom stereocenters. The maximum Gasteiger partial charge on any atom is 0.123 e. The normalized spacial score (nSPS) is 18.5. The monoisotopic (exact) mass is 283 g/mol. The van der Waals surface area contributed by atoms with E-state index < -0.39 is 0 Å². The van der Waals surface area contributed by atoms with E-state index in [0.717, 1.165) is 13.0 Å². The fourth-order valence-electron chi connectivity index (χ4n) is 3.50. The number of fused-ring (bicyclic) bond motifs is 1. The Morgan fingerprint density at radius 1 is 1.14 bits per heavy atom. The standard InChI is InChI=1S/C19H22FN/c1-2-21-19(13-14-7-10-16(20)11-8-14)18-12-9-15-5-3-4-6-17(15)18/h3-8,10-11,18-19,21H,2,9,12-13H2,1H3. The fraction of sp³-hybridized carbons (Fsp3) is 0.368. The van der Waals surface area contributed by atoms with Gasteiger partial charge in [-0.15, -0.1) is 0 Å². The molecule has 3 rings (SSSR count). The minimum absolute atomic E-state index is 0.162. The molecule has 0 radical (unpaired) electrons. The molecular weight excluding hydrogens is 261 g/mol. The fourth-order valence-corrected chi connectivity index (χ4v) is 3.50. The lowest BCUT2D eigenvalue weighted by Gasteiger charge is -2.25. The molecule has 1 nitrogen and oxygen atoms in total. The average Bonchev–Trinajstić information content (AvgIpc) is 2.93. The zero-order valence-electron chi connectivity index (χ0n) is 12.5. The van der Waals surface area contributed by atoms with Crippen molar-refractivity contribution in [1.29, 1.82) is 0 Å². The predicted octanol–water partition coefficient (Wildman–Crippen LogP) is 4.08. The summed E-state index contributed by atoms with van der Waals surface area (Å²) in [6.07, 6.45) is 3.33. The van der Waals surface area contributed by atoms with E-state index in [1.54, 1.807) is 12.1 Å². The number of aryl methyl sites for hydroxylation is 1. The van der Waals surface area contributed by atoms with Crippen molar-refractivity contribution < 1.29 is 4.39 Å². The zero-order valence-corrected chi connectivity index (χ0v) is 12.5. The lowest BCUT2D eigenvalue weighted by Crippen LogP contribution is -2.36. The van der Waals surface area contributed by atoms with Crippen molar-refractivity contribution in [1.82, 2.24) is 5.32 Å². The molecule has 0 fully saturated rings. The van der Waals surface area contributed by atoms with Gasteiger partial charge in [0.2, 0.25) is 0 Å². The maximum absolute atomic E-state index is 13.1. The molecule has 2 heteroatoms. The van der Waals surface area contributed by atoms with E-state index in [0.29, 0.717) is 12.0 Å². The summed E-state index contributed by atoms with van der Waals surface area (Å²) in [7, 11) is 0. The first kappa shape index (κ1) is 14.3. The summed E-state index contributed by atoms with van der Waals surface area (Å²) in [4.78, 5) is 0. The lowest BCUT2D eigenvalue weighted by molar-refractivity contribution is 0.435. The smallest absolute Gasteiger partial charge is 0.123 e. The van der Waals surface area contributed by atoms with E-state index in [-0.39, 0.29) is 5.82 Å². The van der Waals surface area contributed by atoms with Gasteiger partial charge in [0, 0.05) is 12.0 Å². The summed E-state index contributed by atoms with van der Waals surface area (Å²) >= 11 is 0. The first-order valence-electron chi connectivity index (χ1n) is 7.83. The number of rotatable bonds is 5. The average molecular weight is 283 g/mol. The van der Waals surface area contributed by atoms with Crippen LogP contribution in [0.5, 0.6) is 0 Å². The van der Waals surface area contributed by atoms with Gasteiger partial charge in [0.25, 0.3) is 0 Å². The molecule has 0 saturated carbocycles. The van der Waals surface area contributed by atoms with Crippen LogP contribution in [0.4, 0.5) is 4.39 Å². The molecular formula is C19H22FN. The predicted molar refractivity (Wildman–Crippen MR) is 85.1 cm³/mol. The quantitative estimate of drug-likeness (QED) is 0.872. The molecule has 2 atom stereocenters. The minimum atomic E-state index is -0.162. The van der Waals surface area contributed by atoms with Crippen LogP contribution in [0.2, 0.25) is 0 Å². The van der Waals surface area contributed by atoms with Gasteiger partial charge < -0.3 is 5.32 Å². The molecule has 1 aliphatic carbocycles. The molecule has 0 aromatic heterocycles. The Morgan fingerprint density at radius 3 is 2.67 bits per heavy atom. The highest BCUT2D eigenvalue weighted by molar-refractivity contribution is 5.36. The molecule has 0 amide bonds. The van der Waals surface area contributed by atoms with Crippen molar-refractivity contribution in [3.05, 3.63) is 71.0 Å². The van der Waals surface area contributed by atoms with E-state index in [9.17, 15) is 4.39 Å². The number of benzene rings is 2. The first-order chi connectivity index (χ1) is 10.3. The summed E-state index contributed by atoms with van der Waals surface area (Å²) in [5, 5.41) is 3.63. The van der Waals surface area contributed by atoms with Crippen molar-refractivity contribution >= 4 is 0 Å². The molecule has 0 spiro atoms. The van der Waals surface area contributed by atoms with Crippen molar-refractivity contribution in [3.8, 4) is 0 Å². The molecule has 0 aliphatic heterocycles. The van der Waals surface area contributed by atoms with Gasteiger partial charge in [0.05, 0.1) is 0 Å². The topological polar surface area (TPSA) is 12.0 Å². The third-order valence-electron chi connectivity index (χ3n) is 4.50. The second-order valence-corrected chi connectivity index (χ2v) is 5.84. The van der Waals surface area contributed by atoms with Crippen molar-refractivity contribution in [3.63, 3.8) is 0 Å². The Morgan fingerprint density at radius 2 is 1.90 bits per heavy atom. The summed E-state index contributed by atoms with van der Waals surface area (Å²) in [5.41, 5.74) is 4.18. The molecule has 1 aliphatic rings.